The van der Waals surface area contributed by atoms with E-state index in [4.69, 9.17) is 10.7 Å². The third-order valence-corrected chi connectivity index (χ3v) is 12.7. The van der Waals surface area contributed by atoms with Gasteiger partial charge in [-0.1, -0.05) is 152 Å². The van der Waals surface area contributed by atoms with Gasteiger partial charge in [-0.2, -0.15) is 0 Å². The van der Waals surface area contributed by atoms with Gasteiger partial charge < -0.3 is 19.8 Å². The minimum absolute atomic E-state index is 0.566. The van der Waals surface area contributed by atoms with Crippen LogP contribution in [-0.2, 0) is 6.54 Å². The minimum atomic E-state index is 0.566. The molecule has 0 spiro atoms. The highest BCUT2D eigenvalue weighted by Crippen LogP contribution is 2.49. The van der Waals surface area contributed by atoms with E-state index in [2.05, 4.69) is 208 Å². The van der Waals surface area contributed by atoms with Crippen LogP contribution in [0.4, 0.5) is 17.1 Å². The molecule has 3 heterocycles. The van der Waals surface area contributed by atoms with Crippen molar-refractivity contribution in [2.24, 2.45) is 10.7 Å². The molecule has 2 N–H and O–H groups in total. The van der Waals surface area contributed by atoms with Crippen molar-refractivity contribution in [3.05, 3.63) is 253 Å². The molecule has 308 valence electrons. The number of allylic oxidation sites excluding steroid dienone is 1. The Morgan fingerprint density at radius 2 is 1.06 bits per heavy atom. The van der Waals surface area contributed by atoms with Crippen molar-refractivity contribution in [3.63, 3.8) is 0 Å². The first-order chi connectivity index (χ1) is 32.2. The molecule has 12 rings (SSSR count). The maximum Gasteiger partial charge on any atom is 0.0702 e. The van der Waals surface area contributed by atoms with E-state index in [-0.39, 0.29) is 0 Å². The first kappa shape index (κ1) is 38.0. The van der Waals surface area contributed by atoms with Crippen molar-refractivity contribution >= 4 is 61.2 Å². The lowest BCUT2D eigenvalue weighted by Crippen LogP contribution is -2.11. The van der Waals surface area contributed by atoms with Crippen LogP contribution in [0.5, 0.6) is 0 Å². The number of para-hydroxylation sites is 5. The molecular weight excluding hydrogens is 791 g/mol. The molecule has 5 nitrogen and oxygen atoms in total. The lowest BCUT2D eigenvalue weighted by atomic mass is 10.0. The van der Waals surface area contributed by atoms with E-state index >= 15 is 0 Å². The highest BCUT2D eigenvalue weighted by Gasteiger charge is 2.27. The van der Waals surface area contributed by atoms with Crippen LogP contribution >= 0.6 is 0 Å². The quantitative estimate of drug-likeness (QED) is 0.155. The number of aromatic nitrogens is 2. The molecule has 0 amide bonds. The predicted molar refractivity (Wildman–Crippen MR) is 272 cm³/mol. The van der Waals surface area contributed by atoms with E-state index in [1.54, 1.807) is 0 Å². The normalized spacial score (nSPS) is 12.6. The topological polar surface area (TPSA) is 51.5 Å². The van der Waals surface area contributed by atoms with E-state index < -0.39 is 0 Å². The van der Waals surface area contributed by atoms with Gasteiger partial charge in [-0.25, -0.2) is 0 Å². The third-order valence-electron chi connectivity index (χ3n) is 12.7. The van der Waals surface area contributed by atoms with Gasteiger partial charge in [0.25, 0.3) is 0 Å². The summed E-state index contributed by atoms with van der Waals surface area (Å²) in [7, 11) is 0. The summed E-state index contributed by atoms with van der Waals surface area (Å²) in [6, 6.07) is 82.1. The molecule has 11 aromatic rings. The fourth-order valence-electron chi connectivity index (χ4n) is 9.64. The summed E-state index contributed by atoms with van der Waals surface area (Å²) in [4.78, 5) is 7.42. The molecule has 2 aromatic heterocycles. The van der Waals surface area contributed by atoms with Crippen LogP contribution in [0.2, 0.25) is 0 Å². The van der Waals surface area contributed by atoms with E-state index in [0.717, 1.165) is 61.9 Å². The molecule has 65 heavy (non-hydrogen) atoms. The van der Waals surface area contributed by atoms with E-state index in [0.29, 0.717) is 12.2 Å². The average molecular weight is 834 g/mol. The number of hydrogen-bond acceptors (Lipinski definition) is 3. The molecular formula is C60H43N5. The van der Waals surface area contributed by atoms with Crippen LogP contribution in [-0.4, -0.2) is 14.8 Å². The maximum absolute atomic E-state index is 6.96. The van der Waals surface area contributed by atoms with Crippen molar-refractivity contribution in [2.75, 3.05) is 4.90 Å². The van der Waals surface area contributed by atoms with Gasteiger partial charge in [0.05, 0.1) is 51.6 Å². The summed E-state index contributed by atoms with van der Waals surface area (Å²) >= 11 is 0. The SMILES string of the molecule is N/C(=C\C(=N/Cc1ccccc1)c1ccccc1)c1cccc(-n2c3ccccc3c3cc(-c4ccc5c(c4)cc4n5-c5ccccc5N(c5ccccc5)c5ccccc5-4)ccc32)c1. The van der Waals surface area contributed by atoms with Crippen LogP contribution in [0.15, 0.2) is 242 Å². The Morgan fingerprint density at radius 1 is 0.446 bits per heavy atom. The summed E-state index contributed by atoms with van der Waals surface area (Å²) in [5.41, 5.74) is 25.3. The molecule has 1 aliphatic heterocycles. The highest BCUT2D eigenvalue weighted by atomic mass is 15.2. The number of anilines is 3. The Balaban J connectivity index is 0.937. The van der Waals surface area contributed by atoms with Crippen LogP contribution in [0.25, 0.3) is 72.2 Å². The molecule has 0 unspecified atom stereocenters. The number of rotatable bonds is 8. The Hall–Kier alpha value is -8.67. The van der Waals surface area contributed by atoms with Crippen molar-refractivity contribution in [2.45, 2.75) is 6.54 Å². The van der Waals surface area contributed by atoms with Crippen LogP contribution in [0.3, 0.4) is 0 Å². The number of benzene rings is 9. The van der Waals surface area contributed by atoms with Gasteiger partial charge in [-0.15, -0.1) is 0 Å². The molecule has 9 aromatic carbocycles. The number of nitrogens with zero attached hydrogens (tertiary/aromatic N) is 4. The fourth-order valence-corrected chi connectivity index (χ4v) is 9.64. The Morgan fingerprint density at radius 3 is 1.88 bits per heavy atom. The highest BCUT2D eigenvalue weighted by molar-refractivity contribution is 6.13. The van der Waals surface area contributed by atoms with Crippen LogP contribution in [0, 0.1) is 0 Å². The second-order valence-corrected chi connectivity index (χ2v) is 16.6. The summed E-state index contributed by atoms with van der Waals surface area (Å²) in [5, 5.41) is 3.59. The zero-order valence-corrected chi connectivity index (χ0v) is 35.6. The molecule has 5 heteroatoms. The Kier molecular flexibility index (Phi) is 9.31. The van der Waals surface area contributed by atoms with E-state index in [1.165, 1.54) is 44.1 Å². The smallest absolute Gasteiger partial charge is 0.0702 e. The summed E-state index contributed by atoms with van der Waals surface area (Å²) < 4.78 is 4.79. The van der Waals surface area contributed by atoms with Gasteiger partial charge in [-0.3, -0.25) is 4.99 Å². The van der Waals surface area contributed by atoms with Gasteiger partial charge in [0.1, 0.15) is 0 Å². The minimum Gasteiger partial charge on any atom is -0.398 e. The Labute approximate surface area is 377 Å². The summed E-state index contributed by atoms with van der Waals surface area (Å²) in [5.74, 6) is 0. The van der Waals surface area contributed by atoms with Crippen LogP contribution < -0.4 is 10.6 Å². The molecule has 0 bridgehead atoms. The van der Waals surface area contributed by atoms with Crippen LogP contribution in [0.1, 0.15) is 16.7 Å². The van der Waals surface area contributed by atoms with Gasteiger partial charge in [0.2, 0.25) is 0 Å². The van der Waals surface area contributed by atoms with Gasteiger partial charge in [0.15, 0.2) is 0 Å². The number of nitrogens with two attached hydrogens (primary N) is 1. The molecule has 0 saturated heterocycles. The molecule has 0 fully saturated rings. The molecule has 0 saturated carbocycles. The summed E-state index contributed by atoms with van der Waals surface area (Å²) in [6.45, 7) is 0.566. The third kappa shape index (κ3) is 6.69. The maximum atomic E-state index is 6.96. The first-order valence-corrected chi connectivity index (χ1v) is 22.1. The van der Waals surface area contributed by atoms with Crippen molar-refractivity contribution in [1.29, 1.82) is 0 Å². The molecule has 0 aliphatic carbocycles. The van der Waals surface area contributed by atoms with Gasteiger partial charge >= 0.3 is 0 Å². The second-order valence-electron chi connectivity index (χ2n) is 16.6. The second kappa shape index (κ2) is 15.9. The summed E-state index contributed by atoms with van der Waals surface area (Å²) in [6.07, 6.45) is 2.01. The van der Waals surface area contributed by atoms with Crippen molar-refractivity contribution in [1.82, 2.24) is 9.13 Å². The zero-order valence-electron chi connectivity index (χ0n) is 35.6. The number of aliphatic imine (C=N–C) groups is 1. The van der Waals surface area contributed by atoms with Crippen molar-refractivity contribution < 1.29 is 0 Å². The average Bonchev–Trinajstić information content (AvgIpc) is 3.88. The first-order valence-electron chi connectivity index (χ1n) is 22.1. The monoisotopic (exact) mass is 833 g/mol. The van der Waals surface area contributed by atoms with Gasteiger partial charge in [-0.05, 0) is 113 Å². The largest absolute Gasteiger partial charge is 0.398 e. The zero-order chi connectivity index (χ0) is 43.3. The lowest BCUT2D eigenvalue weighted by Gasteiger charge is -2.26. The van der Waals surface area contributed by atoms with E-state index in [9.17, 15) is 0 Å². The molecule has 1 aliphatic rings. The van der Waals surface area contributed by atoms with E-state index in [1.807, 2.05) is 42.5 Å². The fraction of sp³-hybridized carbons (Fsp3) is 0.0167. The standard InChI is InChI=1S/C60H43N5/c61-52(39-53(42-19-6-2-7-20-42)62-40-41-17-4-1-5-18-41)45-21-16-24-48(36-45)64-55-27-12-10-25-49(55)51-37-44(32-34-57(51)64)43-31-33-54-46(35-43)38-60-50-26-11-13-28-56(50)63(47-22-8-3-9-23-47)58-29-14-15-30-59(58)65(54)60/h1-39H,40,61H2/b52-39-,62-53+. The number of fused-ring (bicyclic) bond motifs is 10. The van der Waals surface area contributed by atoms with Crippen molar-refractivity contribution in [3.8, 4) is 33.8 Å². The molecule has 0 atom stereocenters. The number of hydrogen-bond donors (Lipinski definition) is 1. The molecule has 0 radical (unpaired) electrons. The Bertz CT molecular complexity index is 3630. The predicted octanol–water partition coefficient (Wildman–Crippen LogP) is 14.8. The van der Waals surface area contributed by atoms with Gasteiger partial charge in [0, 0.05) is 38.8 Å². The lowest BCUT2D eigenvalue weighted by molar-refractivity contribution is 1.07.